The highest BCUT2D eigenvalue weighted by atomic mass is 32.2. The average Bonchev–Trinajstić information content (AvgIpc) is 3.35. The van der Waals surface area contributed by atoms with Crippen molar-refractivity contribution in [3.8, 4) is 0 Å². The molecule has 0 atom stereocenters. The quantitative estimate of drug-likeness (QED) is 0.785. The first kappa shape index (κ1) is 12.9. The third-order valence-corrected chi connectivity index (χ3v) is 4.91. The van der Waals surface area contributed by atoms with E-state index in [9.17, 15) is 8.42 Å². The van der Waals surface area contributed by atoms with Gasteiger partial charge in [-0.15, -0.1) is 0 Å². The predicted octanol–water partition coefficient (Wildman–Crippen LogP) is 1.32. The summed E-state index contributed by atoms with van der Waals surface area (Å²) in [6, 6.07) is 0. The molecule has 112 valence electrons. The number of hydrogen-bond acceptors (Lipinski definition) is 8. The lowest BCUT2D eigenvalue weighted by Gasteiger charge is -1.96. The van der Waals surface area contributed by atoms with E-state index in [1.165, 1.54) is 0 Å². The highest BCUT2D eigenvalue weighted by Crippen LogP contribution is 2.39. The van der Waals surface area contributed by atoms with Crippen LogP contribution in [0.3, 0.4) is 0 Å². The van der Waals surface area contributed by atoms with Crippen molar-refractivity contribution < 1.29 is 17.5 Å². The minimum absolute atomic E-state index is 0.128. The zero-order valence-corrected chi connectivity index (χ0v) is 12.0. The first-order valence-electron chi connectivity index (χ1n) is 6.94. The Bertz CT molecular complexity index is 700. The Labute approximate surface area is 120 Å². The molecule has 2 aromatic heterocycles. The topological polar surface area (TPSA) is 112 Å². The molecule has 0 amide bonds. The third kappa shape index (κ3) is 2.97. The first-order valence-corrected chi connectivity index (χ1v) is 8.76. The van der Waals surface area contributed by atoms with Crippen molar-refractivity contribution in [2.45, 2.75) is 49.0 Å². The first-order chi connectivity index (χ1) is 10.1. The van der Waals surface area contributed by atoms with Crippen LogP contribution < -0.4 is 0 Å². The molecule has 0 aromatic carbocycles. The summed E-state index contributed by atoms with van der Waals surface area (Å²) >= 11 is 0. The van der Waals surface area contributed by atoms with E-state index in [0.29, 0.717) is 23.6 Å². The van der Waals surface area contributed by atoms with E-state index in [4.69, 9.17) is 9.05 Å². The van der Waals surface area contributed by atoms with Gasteiger partial charge in [-0.1, -0.05) is 10.3 Å². The van der Waals surface area contributed by atoms with E-state index < -0.39 is 9.84 Å². The van der Waals surface area contributed by atoms with Crippen LogP contribution in [0.15, 0.2) is 9.05 Å². The average molecular weight is 310 g/mol. The summed E-state index contributed by atoms with van der Waals surface area (Å²) in [5, 5.41) is 7.52. The molecule has 0 unspecified atom stereocenters. The Morgan fingerprint density at radius 2 is 1.71 bits per heavy atom. The van der Waals surface area contributed by atoms with Crippen LogP contribution in [0, 0.1) is 0 Å². The molecule has 2 heterocycles. The second-order valence-corrected chi connectivity index (χ2v) is 7.74. The minimum atomic E-state index is -3.45. The Morgan fingerprint density at radius 3 is 2.43 bits per heavy atom. The molecule has 21 heavy (non-hydrogen) atoms. The van der Waals surface area contributed by atoms with Gasteiger partial charge in [-0.25, -0.2) is 8.42 Å². The molecule has 4 rings (SSSR count). The zero-order valence-electron chi connectivity index (χ0n) is 11.2. The fraction of sp³-hybridized carbons (Fsp3) is 0.667. The van der Waals surface area contributed by atoms with E-state index in [-0.39, 0.29) is 23.2 Å². The Kier molecular flexibility index (Phi) is 2.84. The van der Waals surface area contributed by atoms with Gasteiger partial charge in [0.2, 0.25) is 11.8 Å². The van der Waals surface area contributed by atoms with Gasteiger partial charge in [0.15, 0.2) is 21.5 Å². The van der Waals surface area contributed by atoms with Crippen LogP contribution in [0.5, 0.6) is 0 Å². The van der Waals surface area contributed by atoms with Crippen LogP contribution in [-0.2, 0) is 21.3 Å². The molecule has 0 radical (unpaired) electrons. The normalized spacial score (nSPS) is 19.0. The van der Waals surface area contributed by atoms with Crippen LogP contribution in [0.2, 0.25) is 0 Å². The third-order valence-electron chi connectivity index (χ3n) is 3.53. The van der Waals surface area contributed by atoms with E-state index in [1.54, 1.807) is 0 Å². The van der Waals surface area contributed by atoms with Crippen molar-refractivity contribution in [3.05, 3.63) is 23.4 Å². The Hall–Kier alpha value is -1.77. The smallest absolute Gasteiger partial charge is 0.241 e. The molecule has 2 fully saturated rings. The van der Waals surface area contributed by atoms with Gasteiger partial charge in [0.05, 0.1) is 0 Å². The SMILES string of the molecule is O=S(=O)(Cc1noc(C2CC2)n1)Cc1nc(C2CC2)no1. The largest absolute Gasteiger partial charge is 0.339 e. The van der Waals surface area contributed by atoms with Crippen LogP contribution >= 0.6 is 0 Å². The minimum Gasteiger partial charge on any atom is -0.339 e. The number of sulfone groups is 1. The second-order valence-electron chi connectivity index (χ2n) is 5.68. The Morgan fingerprint density at radius 1 is 0.952 bits per heavy atom. The standard InChI is InChI=1S/C12H14N4O4S/c17-21(18,5-9-13-12(20-15-9)8-3-4-8)6-10-14-11(16-19-10)7-1-2-7/h7-8H,1-6H2. The van der Waals surface area contributed by atoms with Gasteiger partial charge in [-0.05, 0) is 25.7 Å². The van der Waals surface area contributed by atoms with Gasteiger partial charge in [0, 0.05) is 11.8 Å². The fourth-order valence-electron chi connectivity index (χ4n) is 2.09. The van der Waals surface area contributed by atoms with Crippen LogP contribution in [-0.4, -0.2) is 28.7 Å². The highest BCUT2D eigenvalue weighted by molar-refractivity contribution is 7.89. The maximum atomic E-state index is 12.1. The molecule has 2 aromatic rings. The lowest BCUT2D eigenvalue weighted by Crippen LogP contribution is -2.09. The van der Waals surface area contributed by atoms with Crippen molar-refractivity contribution >= 4 is 9.84 Å². The van der Waals surface area contributed by atoms with E-state index in [2.05, 4.69) is 20.3 Å². The monoisotopic (exact) mass is 310 g/mol. The molecule has 0 saturated heterocycles. The summed E-state index contributed by atoms with van der Waals surface area (Å²) < 4.78 is 34.3. The van der Waals surface area contributed by atoms with E-state index in [1.807, 2.05) is 0 Å². The molecule has 2 aliphatic rings. The van der Waals surface area contributed by atoms with Crippen LogP contribution in [0.4, 0.5) is 0 Å². The van der Waals surface area contributed by atoms with Gasteiger partial charge >= 0.3 is 0 Å². The second kappa shape index (κ2) is 4.62. The summed E-state index contributed by atoms with van der Waals surface area (Å²) in [7, 11) is -3.45. The lowest BCUT2D eigenvalue weighted by molar-refractivity contribution is 0.374. The molecular formula is C12H14N4O4S. The Balaban J connectivity index is 1.44. The summed E-state index contributed by atoms with van der Waals surface area (Å²) in [5.41, 5.74) is 0. The van der Waals surface area contributed by atoms with Gasteiger partial charge < -0.3 is 9.05 Å². The maximum absolute atomic E-state index is 12.1. The lowest BCUT2D eigenvalue weighted by atomic mass is 10.4. The number of rotatable bonds is 6. The van der Waals surface area contributed by atoms with Gasteiger partial charge in [-0.3, -0.25) is 0 Å². The number of hydrogen-bond donors (Lipinski definition) is 0. The number of nitrogens with zero attached hydrogens (tertiary/aromatic N) is 4. The van der Waals surface area contributed by atoms with Crippen molar-refractivity contribution in [1.82, 2.24) is 20.3 Å². The summed E-state index contributed by atoms with van der Waals surface area (Å²) in [4.78, 5) is 8.24. The summed E-state index contributed by atoms with van der Waals surface area (Å²) in [5.74, 6) is 1.55. The number of aromatic nitrogens is 4. The highest BCUT2D eigenvalue weighted by Gasteiger charge is 2.31. The molecule has 0 bridgehead atoms. The summed E-state index contributed by atoms with van der Waals surface area (Å²) in [6.45, 7) is 0. The van der Waals surface area contributed by atoms with E-state index >= 15 is 0 Å². The summed E-state index contributed by atoms with van der Waals surface area (Å²) in [6.07, 6.45) is 4.14. The van der Waals surface area contributed by atoms with Crippen LogP contribution in [0.25, 0.3) is 0 Å². The van der Waals surface area contributed by atoms with Crippen molar-refractivity contribution in [1.29, 1.82) is 0 Å². The molecule has 0 spiro atoms. The molecule has 2 aliphatic carbocycles. The van der Waals surface area contributed by atoms with Crippen molar-refractivity contribution in [3.63, 3.8) is 0 Å². The van der Waals surface area contributed by atoms with E-state index in [0.717, 1.165) is 25.7 Å². The van der Waals surface area contributed by atoms with Crippen LogP contribution in [0.1, 0.15) is 60.9 Å². The fourth-order valence-corrected chi connectivity index (χ4v) is 3.20. The predicted molar refractivity (Wildman–Crippen MR) is 68.9 cm³/mol. The molecule has 9 heteroatoms. The molecule has 8 nitrogen and oxygen atoms in total. The van der Waals surface area contributed by atoms with Crippen molar-refractivity contribution in [2.75, 3.05) is 0 Å². The molecule has 0 N–H and O–H groups in total. The maximum Gasteiger partial charge on any atom is 0.241 e. The molecule has 0 aliphatic heterocycles. The van der Waals surface area contributed by atoms with Crippen molar-refractivity contribution in [2.24, 2.45) is 0 Å². The zero-order chi connectivity index (χ0) is 14.4. The van der Waals surface area contributed by atoms with Gasteiger partial charge in [0.25, 0.3) is 0 Å². The molecule has 2 saturated carbocycles. The van der Waals surface area contributed by atoms with Gasteiger partial charge in [-0.2, -0.15) is 9.97 Å². The molecular weight excluding hydrogens is 296 g/mol. The van der Waals surface area contributed by atoms with Gasteiger partial charge in [0.1, 0.15) is 11.5 Å².